The molecule has 2 unspecified atom stereocenters. The van der Waals surface area contributed by atoms with Crippen molar-refractivity contribution in [2.45, 2.75) is 58.5 Å². The first-order chi connectivity index (χ1) is 9.07. The topological polar surface area (TPSA) is 43.4 Å². The van der Waals surface area contributed by atoms with E-state index in [1.165, 1.54) is 19.3 Å². The molecule has 0 aromatic heterocycles. The van der Waals surface area contributed by atoms with Crippen molar-refractivity contribution in [1.82, 2.24) is 0 Å². The van der Waals surface area contributed by atoms with E-state index in [1.807, 2.05) is 12.2 Å². The predicted molar refractivity (Wildman–Crippen MR) is 73.5 cm³/mol. The van der Waals surface area contributed by atoms with Gasteiger partial charge in [0.25, 0.3) is 0 Å². The molecule has 0 saturated heterocycles. The SMILES string of the molecule is CC1(C)C(/C=C/CC=O)C1C(=O)OC1CCCCC1. The molecular weight excluding hydrogens is 240 g/mol. The Morgan fingerprint density at radius 3 is 2.58 bits per heavy atom. The summed E-state index contributed by atoms with van der Waals surface area (Å²) in [5.41, 5.74) is -0.0227. The van der Waals surface area contributed by atoms with Crippen LogP contribution in [0.5, 0.6) is 0 Å². The lowest BCUT2D eigenvalue weighted by Gasteiger charge is -2.22. The standard InChI is InChI=1S/C16H24O3/c1-16(2)13(10-6-7-11-17)14(16)15(18)19-12-8-4-3-5-9-12/h6,10-14H,3-5,7-9H2,1-2H3/b10-6+. The maximum absolute atomic E-state index is 12.2. The fraction of sp³-hybridized carbons (Fsp3) is 0.750. The average molecular weight is 264 g/mol. The molecule has 3 nitrogen and oxygen atoms in total. The van der Waals surface area contributed by atoms with Crippen LogP contribution in [0.1, 0.15) is 52.4 Å². The first-order valence-electron chi connectivity index (χ1n) is 7.38. The monoisotopic (exact) mass is 264 g/mol. The minimum absolute atomic E-state index is 0.0227. The van der Waals surface area contributed by atoms with Crippen LogP contribution in [0.15, 0.2) is 12.2 Å². The first-order valence-corrected chi connectivity index (χ1v) is 7.38. The molecule has 2 rings (SSSR count). The van der Waals surface area contributed by atoms with E-state index in [1.54, 1.807) is 0 Å². The minimum Gasteiger partial charge on any atom is -0.462 e. The number of aldehydes is 1. The molecule has 2 aliphatic rings. The lowest BCUT2D eigenvalue weighted by molar-refractivity contribution is -0.153. The van der Waals surface area contributed by atoms with Gasteiger partial charge in [-0.05, 0) is 37.0 Å². The zero-order valence-electron chi connectivity index (χ0n) is 11.9. The van der Waals surface area contributed by atoms with Crippen LogP contribution in [0, 0.1) is 17.3 Å². The maximum atomic E-state index is 12.2. The Kier molecular flexibility index (Phi) is 4.43. The van der Waals surface area contributed by atoms with E-state index in [2.05, 4.69) is 13.8 Å². The second-order valence-electron chi connectivity index (χ2n) is 6.35. The van der Waals surface area contributed by atoms with E-state index in [0.29, 0.717) is 6.42 Å². The highest BCUT2D eigenvalue weighted by molar-refractivity contribution is 5.78. The van der Waals surface area contributed by atoms with Gasteiger partial charge in [0.05, 0.1) is 5.92 Å². The van der Waals surface area contributed by atoms with Crippen LogP contribution >= 0.6 is 0 Å². The number of ether oxygens (including phenoxy) is 1. The molecule has 0 aliphatic heterocycles. The Morgan fingerprint density at radius 1 is 1.26 bits per heavy atom. The zero-order chi connectivity index (χ0) is 13.9. The summed E-state index contributed by atoms with van der Waals surface area (Å²) in [5.74, 6) is 0.151. The van der Waals surface area contributed by atoms with E-state index in [4.69, 9.17) is 4.74 Å². The van der Waals surface area contributed by atoms with Crippen molar-refractivity contribution in [3.8, 4) is 0 Å². The molecule has 2 atom stereocenters. The molecule has 3 heteroatoms. The molecule has 0 aromatic carbocycles. The number of rotatable bonds is 5. The van der Waals surface area contributed by atoms with E-state index >= 15 is 0 Å². The fourth-order valence-corrected chi connectivity index (χ4v) is 3.19. The van der Waals surface area contributed by atoms with Crippen molar-refractivity contribution >= 4 is 12.3 Å². The average Bonchev–Trinajstić information content (AvgIpc) is 2.93. The molecule has 0 bridgehead atoms. The second-order valence-corrected chi connectivity index (χ2v) is 6.35. The van der Waals surface area contributed by atoms with Gasteiger partial charge in [-0.15, -0.1) is 0 Å². The van der Waals surface area contributed by atoms with Gasteiger partial charge in [0.15, 0.2) is 0 Å². The molecule has 0 amide bonds. The van der Waals surface area contributed by atoms with E-state index < -0.39 is 0 Å². The quantitative estimate of drug-likeness (QED) is 0.435. The van der Waals surface area contributed by atoms with Crippen LogP contribution in [-0.4, -0.2) is 18.4 Å². The third-order valence-corrected chi connectivity index (χ3v) is 4.58. The molecule has 0 radical (unpaired) electrons. The van der Waals surface area contributed by atoms with Gasteiger partial charge in [-0.25, -0.2) is 0 Å². The summed E-state index contributed by atoms with van der Waals surface area (Å²) in [6.07, 6.45) is 10.9. The van der Waals surface area contributed by atoms with Crippen molar-refractivity contribution in [3.63, 3.8) is 0 Å². The number of carbonyl (C=O) groups excluding carboxylic acids is 2. The highest BCUT2D eigenvalue weighted by Crippen LogP contribution is 2.59. The minimum atomic E-state index is -0.0438. The van der Waals surface area contributed by atoms with Crippen molar-refractivity contribution in [3.05, 3.63) is 12.2 Å². The Balaban J connectivity index is 1.86. The van der Waals surface area contributed by atoms with Crippen LogP contribution in [0.25, 0.3) is 0 Å². The summed E-state index contributed by atoms with van der Waals surface area (Å²) in [6, 6.07) is 0. The molecule has 2 fully saturated rings. The van der Waals surface area contributed by atoms with E-state index in [0.717, 1.165) is 19.1 Å². The summed E-state index contributed by atoms with van der Waals surface area (Å²) < 4.78 is 5.65. The molecular formula is C16H24O3. The lowest BCUT2D eigenvalue weighted by atomic mass is 9.98. The lowest BCUT2D eigenvalue weighted by Crippen LogP contribution is -2.23. The Bertz CT molecular complexity index is 364. The van der Waals surface area contributed by atoms with Gasteiger partial charge in [0.2, 0.25) is 0 Å². The third kappa shape index (κ3) is 3.26. The Morgan fingerprint density at radius 2 is 1.95 bits per heavy atom. The van der Waals surface area contributed by atoms with Crippen LogP contribution in [-0.2, 0) is 14.3 Å². The normalized spacial score (nSPS) is 30.2. The third-order valence-electron chi connectivity index (χ3n) is 4.58. The fourth-order valence-electron chi connectivity index (χ4n) is 3.19. The summed E-state index contributed by atoms with van der Waals surface area (Å²) in [7, 11) is 0. The van der Waals surface area contributed by atoms with Crippen LogP contribution in [0.3, 0.4) is 0 Å². The molecule has 2 saturated carbocycles. The summed E-state index contributed by atoms with van der Waals surface area (Å²) >= 11 is 0. The van der Waals surface area contributed by atoms with Gasteiger partial charge < -0.3 is 9.53 Å². The molecule has 2 aliphatic carbocycles. The molecule has 106 valence electrons. The number of esters is 1. The summed E-state index contributed by atoms with van der Waals surface area (Å²) in [6.45, 7) is 4.19. The summed E-state index contributed by atoms with van der Waals surface area (Å²) in [4.78, 5) is 22.5. The zero-order valence-corrected chi connectivity index (χ0v) is 11.9. The second kappa shape index (κ2) is 5.89. The van der Waals surface area contributed by atoms with Crippen molar-refractivity contribution in [1.29, 1.82) is 0 Å². The Labute approximate surface area is 115 Å². The van der Waals surface area contributed by atoms with Crippen LogP contribution in [0.4, 0.5) is 0 Å². The number of hydrogen-bond acceptors (Lipinski definition) is 3. The largest absolute Gasteiger partial charge is 0.462 e. The smallest absolute Gasteiger partial charge is 0.310 e. The highest BCUT2D eigenvalue weighted by atomic mass is 16.5. The molecule has 0 spiro atoms. The summed E-state index contributed by atoms with van der Waals surface area (Å²) in [5, 5.41) is 0. The van der Waals surface area contributed by atoms with Crippen molar-refractivity contribution in [2.75, 3.05) is 0 Å². The molecule has 0 aromatic rings. The molecule has 19 heavy (non-hydrogen) atoms. The van der Waals surface area contributed by atoms with Crippen LogP contribution in [0.2, 0.25) is 0 Å². The highest BCUT2D eigenvalue weighted by Gasteiger charge is 2.61. The molecule has 0 heterocycles. The van der Waals surface area contributed by atoms with Crippen LogP contribution < -0.4 is 0 Å². The van der Waals surface area contributed by atoms with E-state index in [9.17, 15) is 9.59 Å². The van der Waals surface area contributed by atoms with Gasteiger partial charge >= 0.3 is 5.97 Å². The van der Waals surface area contributed by atoms with E-state index in [-0.39, 0.29) is 29.3 Å². The van der Waals surface area contributed by atoms with Crippen molar-refractivity contribution in [2.24, 2.45) is 17.3 Å². The van der Waals surface area contributed by atoms with Crippen molar-refractivity contribution < 1.29 is 14.3 Å². The first kappa shape index (κ1) is 14.3. The molecule has 0 N–H and O–H groups in total. The van der Waals surface area contributed by atoms with Gasteiger partial charge in [-0.1, -0.05) is 32.4 Å². The Hall–Kier alpha value is -1.12. The maximum Gasteiger partial charge on any atom is 0.310 e. The number of allylic oxidation sites excluding steroid dienone is 2. The van der Waals surface area contributed by atoms with Gasteiger partial charge in [0.1, 0.15) is 12.4 Å². The van der Waals surface area contributed by atoms with Gasteiger partial charge in [0, 0.05) is 6.42 Å². The van der Waals surface area contributed by atoms with Gasteiger partial charge in [-0.2, -0.15) is 0 Å². The number of carbonyl (C=O) groups is 2. The van der Waals surface area contributed by atoms with Gasteiger partial charge in [-0.3, -0.25) is 4.79 Å². The predicted octanol–water partition coefficient (Wildman–Crippen LogP) is 3.28. The number of hydrogen-bond donors (Lipinski definition) is 0.